The molecule has 2 N–H and O–H groups in total. The molecule has 0 amide bonds. The summed E-state index contributed by atoms with van der Waals surface area (Å²) >= 11 is 0. The number of hydrogen-bond acceptors (Lipinski definition) is 4. The number of benzene rings is 1. The van der Waals surface area contributed by atoms with E-state index in [1.54, 1.807) is 0 Å². The summed E-state index contributed by atoms with van der Waals surface area (Å²) in [7, 11) is 0. The van der Waals surface area contributed by atoms with Crippen LogP contribution in [0.15, 0.2) is 28.8 Å². The van der Waals surface area contributed by atoms with Gasteiger partial charge in [-0.3, -0.25) is 0 Å². The molecule has 22 heavy (non-hydrogen) atoms. The molecule has 1 saturated carbocycles. The molecule has 1 aliphatic carbocycles. The van der Waals surface area contributed by atoms with E-state index in [1.165, 1.54) is 38.5 Å². The molecular formula is C17H24ClN3O. The maximum atomic E-state index is 5.60. The van der Waals surface area contributed by atoms with Gasteiger partial charge in [-0.1, -0.05) is 61.5 Å². The number of halogens is 1. The first kappa shape index (κ1) is 17.0. The number of nitrogens with zero attached hydrogens (tertiary/aromatic N) is 2. The molecule has 1 aromatic carbocycles. The summed E-state index contributed by atoms with van der Waals surface area (Å²) in [6.45, 7) is 0.555. The van der Waals surface area contributed by atoms with Crippen molar-refractivity contribution in [3.05, 3.63) is 35.7 Å². The third kappa shape index (κ3) is 4.31. The average molecular weight is 322 g/mol. The lowest BCUT2D eigenvalue weighted by Crippen LogP contribution is -2.07. The van der Waals surface area contributed by atoms with Gasteiger partial charge in [0.15, 0.2) is 0 Å². The Hall–Kier alpha value is -1.39. The molecule has 3 rings (SSSR count). The zero-order valence-corrected chi connectivity index (χ0v) is 13.6. The highest BCUT2D eigenvalue weighted by Crippen LogP contribution is 2.27. The predicted molar refractivity (Wildman–Crippen MR) is 89.8 cm³/mol. The van der Waals surface area contributed by atoms with Gasteiger partial charge in [-0.05, 0) is 17.9 Å². The summed E-state index contributed by atoms with van der Waals surface area (Å²) < 4.78 is 5.38. The van der Waals surface area contributed by atoms with Crippen molar-refractivity contribution < 1.29 is 4.52 Å². The van der Waals surface area contributed by atoms with Gasteiger partial charge >= 0.3 is 0 Å². The van der Waals surface area contributed by atoms with Crippen LogP contribution >= 0.6 is 12.4 Å². The lowest BCUT2D eigenvalue weighted by atomic mass is 9.86. The second-order valence-corrected chi connectivity index (χ2v) is 5.96. The topological polar surface area (TPSA) is 64.9 Å². The molecule has 1 heterocycles. The van der Waals surface area contributed by atoms with Crippen LogP contribution in [0.5, 0.6) is 0 Å². The fraction of sp³-hybridized carbons (Fsp3) is 0.529. The van der Waals surface area contributed by atoms with Crippen molar-refractivity contribution in [2.24, 2.45) is 11.7 Å². The van der Waals surface area contributed by atoms with E-state index in [9.17, 15) is 0 Å². The first-order valence-electron chi connectivity index (χ1n) is 7.97. The number of aromatic nitrogens is 2. The number of rotatable bonds is 5. The quantitative estimate of drug-likeness (QED) is 0.899. The molecule has 0 aliphatic heterocycles. The first-order chi connectivity index (χ1) is 10.3. The van der Waals surface area contributed by atoms with Crippen molar-refractivity contribution in [1.82, 2.24) is 10.1 Å². The van der Waals surface area contributed by atoms with Gasteiger partial charge in [-0.15, -0.1) is 12.4 Å². The second-order valence-electron chi connectivity index (χ2n) is 5.96. The molecular weight excluding hydrogens is 298 g/mol. The molecule has 1 fully saturated rings. The Labute approximate surface area is 137 Å². The third-order valence-electron chi connectivity index (χ3n) is 4.41. The largest absolute Gasteiger partial charge is 0.339 e. The van der Waals surface area contributed by atoms with Crippen LogP contribution in [0.3, 0.4) is 0 Å². The van der Waals surface area contributed by atoms with Crippen LogP contribution in [0.4, 0.5) is 0 Å². The van der Waals surface area contributed by atoms with Gasteiger partial charge in [0.1, 0.15) is 0 Å². The molecule has 0 atom stereocenters. The smallest absolute Gasteiger partial charge is 0.226 e. The van der Waals surface area contributed by atoms with E-state index in [1.807, 2.05) is 24.3 Å². The number of hydrogen-bond donors (Lipinski definition) is 1. The molecule has 2 aromatic rings. The highest BCUT2D eigenvalue weighted by Gasteiger charge is 2.15. The van der Waals surface area contributed by atoms with Crippen molar-refractivity contribution in [2.45, 2.75) is 51.5 Å². The summed E-state index contributed by atoms with van der Waals surface area (Å²) in [6, 6.07) is 8.01. The van der Waals surface area contributed by atoms with Gasteiger partial charge in [0.05, 0.1) is 0 Å². The Kier molecular flexibility index (Phi) is 6.40. The summed E-state index contributed by atoms with van der Waals surface area (Å²) in [5.74, 6) is 2.29. The predicted octanol–water partition coefficient (Wildman–Crippen LogP) is 4.13. The van der Waals surface area contributed by atoms with Crippen LogP contribution in [-0.2, 0) is 13.0 Å². The average Bonchev–Trinajstić information content (AvgIpc) is 3.03. The van der Waals surface area contributed by atoms with E-state index in [0.29, 0.717) is 12.4 Å². The molecule has 120 valence electrons. The Bertz CT molecular complexity index is 562. The third-order valence-corrected chi connectivity index (χ3v) is 4.41. The lowest BCUT2D eigenvalue weighted by Gasteiger charge is -2.20. The van der Waals surface area contributed by atoms with Gasteiger partial charge in [-0.25, -0.2) is 0 Å². The summed E-state index contributed by atoms with van der Waals surface area (Å²) in [5, 5.41) is 4.09. The van der Waals surface area contributed by atoms with Gasteiger partial charge in [0.25, 0.3) is 0 Å². The fourth-order valence-electron chi connectivity index (χ4n) is 3.07. The van der Waals surface area contributed by atoms with E-state index < -0.39 is 0 Å². The van der Waals surface area contributed by atoms with Crippen LogP contribution < -0.4 is 5.73 Å². The Morgan fingerprint density at radius 2 is 1.82 bits per heavy atom. The van der Waals surface area contributed by atoms with Gasteiger partial charge in [0, 0.05) is 18.5 Å². The standard InChI is InChI=1S/C17H23N3O.ClH/c18-12-14-6-9-15(10-7-14)17-19-16(21-20-17)11-8-13-4-2-1-3-5-13;/h6-7,9-10,13H,1-5,8,11-12,18H2;1H. The van der Waals surface area contributed by atoms with Crippen LogP contribution in [-0.4, -0.2) is 10.1 Å². The highest BCUT2D eigenvalue weighted by atomic mass is 35.5. The molecule has 0 bridgehead atoms. The zero-order valence-electron chi connectivity index (χ0n) is 12.8. The zero-order chi connectivity index (χ0) is 14.5. The van der Waals surface area contributed by atoms with E-state index in [4.69, 9.17) is 10.3 Å². The molecule has 5 heteroatoms. The Morgan fingerprint density at radius 3 is 2.50 bits per heavy atom. The Morgan fingerprint density at radius 1 is 1.09 bits per heavy atom. The van der Waals surface area contributed by atoms with E-state index in [2.05, 4.69) is 10.1 Å². The molecule has 0 spiro atoms. The minimum Gasteiger partial charge on any atom is -0.339 e. The maximum absolute atomic E-state index is 5.60. The minimum absolute atomic E-state index is 0. The van der Waals surface area contributed by atoms with Crippen molar-refractivity contribution in [1.29, 1.82) is 0 Å². The molecule has 1 aromatic heterocycles. The van der Waals surface area contributed by atoms with E-state index in [0.717, 1.165) is 29.4 Å². The second kappa shape index (κ2) is 8.30. The molecule has 0 saturated heterocycles. The Balaban J connectivity index is 0.00000176. The van der Waals surface area contributed by atoms with Crippen molar-refractivity contribution in [3.63, 3.8) is 0 Å². The minimum atomic E-state index is 0. The summed E-state index contributed by atoms with van der Waals surface area (Å²) in [4.78, 5) is 4.51. The van der Waals surface area contributed by atoms with E-state index >= 15 is 0 Å². The van der Waals surface area contributed by atoms with Gasteiger partial charge in [-0.2, -0.15) is 4.98 Å². The molecule has 0 unspecified atom stereocenters. The van der Waals surface area contributed by atoms with Crippen LogP contribution in [0.25, 0.3) is 11.4 Å². The van der Waals surface area contributed by atoms with Crippen molar-refractivity contribution in [3.8, 4) is 11.4 Å². The highest BCUT2D eigenvalue weighted by molar-refractivity contribution is 5.85. The van der Waals surface area contributed by atoms with E-state index in [-0.39, 0.29) is 12.4 Å². The van der Waals surface area contributed by atoms with Gasteiger partial charge in [0.2, 0.25) is 11.7 Å². The van der Waals surface area contributed by atoms with Crippen LogP contribution in [0.1, 0.15) is 50.0 Å². The SMILES string of the molecule is Cl.NCc1ccc(-c2noc(CCC3CCCCC3)n2)cc1. The molecule has 0 radical (unpaired) electrons. The normalized spacial score (nSPS) is 15.5. The van der Waals surface area contributed by atoms with Crippen molar-refractivity contribution in [2.75, 3.05) is 0 Å². The maximum Gasteiger partial charge on any atom is 0.226 e. The summed E-state index contributed by atoms with van der Waals surface area (Å²) in [6.07, 6.45) is 8.97. The number of aryl methyl sites for hydroxylation is 1. The van der Waals surface area contributed by atoms with Gasteiger partial charge < -0.3 is 10.3 Å². The van der Waals surface area contributed by atoms with Crippen LogP contribution in [0, 0.1) is 5.92 Å². The lowest BCUT2D eigenvalue weighted by molar-refractivity contribution is 0.315. The molecule has 4 nitrogen and oxygen atoms in total. The summed E-state index contributed by atoms with van der Waals surface area (Å²) in [5.41, 5.74) is 7.70. The number of nitrogens with two attached hydrogens (primary N) is 1. The van der Waals surface area contributed by atoms with Crippen LogP contribution in [0.2, 0.25) is 0 Å². The fourth-order valence-corrected chi connectivity index (χ4v) is 3.07. The molecule has 1 aliphatic rings. The first-order valence-corrected chi connectivity index (χ1v) is 7.97. The van der Waals surface area contributed by atoms with Crippen molar-refractivity contribution >= 4 is 12.4 Å². The monoisotopic (exact) mass is 321 g/mol.